The zero-order valence-electron chi connectivity index (χ0n) is 10.9. The lowest BCUT2D eigenvalue weighted by atomic mass is 10.1. The van der Waals surface area contributed by atoms with E-state index in [1.807, 2.05) is 7.05 Å². The summed E-state index contributed by atoms with van der Waals surface area (Å²) >= 11 is 0. The Bertz CT molecular complexity index is 401. The van der Waals surface area contributed by atoms with Crippen LogP contribution in [0.25, 0.3) is 0 Å². The second kappa shape index (κ2) is 5.39. The summed E-state index contributed by atoms with van der Waals surface area (Å²) in [6.45, 7) is 1.63. The third-order valence-corrected chi connectivity index (χ3v) is 4.01. The van der Waals surface area contributed by atoms with Crippen molar-refractivity contribution in [1.82, 2.24) is 5.32 Å². The number of fused-ring (bicyclic) bond motifs is 1. The van der Waals surface area contributed by atoms with E-state index in [1.54, 1.807) is 0 Å². The van der Waals surface area contributed by atoms with Gasteiger partial charge in [-0.05, 0) is 31.0 Å². The number of hydrogen-bond donors (Lipinski definition) is 1. The first-order valence-corrected chi connectivity index (χ1v) is 6.87. The van der Waals surface area contributed by atoms with E-state index in [2.05, 4.69) is 29.6 Å². The molecule has 1 aliphatic heterocycles. The molecule has 3 atom stereocenters. The number of benzene rings is 1. The third kappa shape index (κ3) is 2.30. The predicted octanol–water partition coefficient (Wildman–Crippen LogP) is 2.07. The lowest BCUT2D eigenvalue weighted by Gasteiger charge is -2.22. The van der Waals surface area contributed by atoms with Crippen LogP contribution in [0.3, 0.4) is 0 Å². The minimum absolute atomic E-state index is 0.247. The number of ether oxygens (including phenoxy) is 2. The van der Waals surface area contributed by atoms with E-state index in [4.69, 9.17) is 9.47 Å². The summed E-state index contributed by atoms with van der Waals surface area (Å²) in [6.07, 6.45) is 3.88. The van der Waals surface area contributed by atoms with Crippen LogP contribution in [0.15, 0.2) is 24.3 Å². The first kappa shape index (κ1) is 12.2. The van der Waals surface area contributed by atoms with E-state index in [0.29, 0.717) is 12.1 Å². The van der Waals surface area contributed by atoms with Gasteiger partial charge in [-0.25, -0.2) is 0 Å². The SMILES string of the molecule is CNC1c2ccccc2CC1OCC1CCCO1. The maximum atomic E-state index is 6.09. The van der Waals surface area contributed by atoms with Gasteiger partial charge in [0.25, 0.3) is 0 Å². The monoisotopic (exact) mass is 247 g/mol. The van der Waals surface area contributed by atoms with Crippen LogP contribution in [0, 0.1) is 0 Å². The zero-order valence-corrected chi connectivity index (χ0v) is 10.9. The molecule has 18 heavy (non-hydrogen) atoms. The smallest absolute Gasteiger partial charge is 0.0811 e. The Morgan fingerprint density at radius 2 is 2.28 bits per heavy atom. The van der Waals surface area contributed by atoms with Crippen molar-refractivity contribution in [3.8, 4) is 0 Å². The van der Waals surface area contributed by atoms with Gasteiger partial charge < -0.3 is 14.8 Å². The lowest BCUT2D eigenvalue weighted by molar-refractivity contribution is -0.0284. The quantitative estimate of drug-likeness (QED) is 0.883. The molecule has 0 spiro atoms. The summed E-state index contributed by atoms with van der Waals surface area (Å²) in [5.74, 6) is 0. The molecule has 3 unspecified atom stereocenters. The van der Waals surface area contributed by atoms with Gasteiger partial charge in [0.05, 0.1) is 24.9 Å². The molecule has 1 aromatic rings. The molecule has 1 fully saturated rings. The van der Waals surface area contributed by atoms with Gasteiger partial charge in [0.2, 0.25) is 0 Å². The van der Waals surface area contributed by atoms with Crippen molar-refractivity contribution in [2.24, 2.45) is 0 Å². The molecule has 1 heterocycles. The Labute approximate surface area is 108 Å². The molecule has 1 saturated heterocycles. The fraction of sp³-hybridized carbons (Fsp3) is 0.600. The predicted molar refractivity (Wildman–Crippen MR) is 70.7 cm³/mol. The molecule has 3 heteroatoms. The standard InChI is InChI=1S/C15H21NO2/c1-16-15-13-7-3-2-5-11(13)9-14(15)18-10-12-6-4-8-17-12/h2-3,5,7,12,14-16H,4,6,8-10H2,1H3. The van der Waals surface area contributed by atoms with Crippen LogP contribution in [-0.4, -0.2) is 32.5 Å². The van der Waals surface area contributed by atoms with Gasteiger partial charge >= 0.3 is 0 Å². The van der Waals surface area contributed by atoms with Gasteiger partial charge in [0.1, 0.15) is 0 Å². The summed E-state index contributed by atoms with van der Waals surface area (Å²) in [5.41, 5.74) is 2.80. The van der Waals surface area contributed by atoms with Crippen LogP contribution in [0.4, 0.5) is 0 Å². The fourth-order valence-corrected chi connectivity index (χ4v) is 3.06. The molecule has 1 N–H and O–H groups in total. The van der Waals surface area contributed by atoms with E-state index in [9.17, 15) is 0 Å². The van der Waals surface area contributed by atoms with Gasteiger partial charge in [0.15, 0.2) is 0 Å². The van der Waals surface area contributed by atoms with Crippen LogP contribution in [-0.2, 0) is 15.9 Å². The molecule has 3 nitrogen and oxygen atoms in total. The zero-order chi connectivity index (χ0) is 12.4. The summed E-state index contributed by atoms with van der Waals surface area (Å²) in [6, 6.07) is 8.93. The first-order valence-electron chi connectivity index (χ1n) is 6.87. The van der Waals surface area contributed by atoms with E-state index >= 15 is 0 Å². The molecule has 3 rings (SSSR count). The molecule has 0 radical (unpaired) electrons. The molecule has 1 aliphatic carbocycles. The fourth-order valence-electron chi connectivity index (χ4n) is 3.06. The van der Waals surface area contributed by atoms with Crippen molar-refractivity contribution in [3.05, 3.63) is 35.4 Å². The second-order valence-electron chi connectivity index (χ2n) is 5.18. The Balaban J connectivity index is 1.63. The highest BCUT2D eigenvalue weighted by Crippen LogP contribution is 2.33. The Hall–Kier alpha value is -0.900. The summed E-state index contributed by atoms with van der Waals surface area (Å²) in [7, 11) is 2.01. The Morgan fingerprint density at radius 1 is 1.39 bits per heavy atom. The second-order valence-corrected chi connectivity index (χ2v) is 5.18. The van der Waals surface area contributed by atoms with Crippen LogP contribution in [0.5, 0.6) is 0 Å². The number of likely N-dealkylation sites (N-methyl/N-ethyl adjacent to an activating group) is 1. The van der Waals surface area contributed by atoms with Crippen molar-refractivity contribution >= 4 is 0 Å². The van der Waals surface area contributed by atoms with Gasteiger partial charge in [-0.1, -0.05) is 24.3 Å². The summed E-state index contributed by atoms with van der Waals surface area (Å²) in [5, 5.41) is 3.38. The summed E-state index contributed by atoms with van der Waals surface area (Å²) < 4.78 is 11.7. The third-order valence-electron chi connectivity index (χ3n) is 4.01. The first-order chi connectivity index (χ1) is 8.88. The topological polar surface area (TPSA) is 30.5 Å². The molecule has 0 bridgehead atoms. The van der Waals surface area contributed by atoms with Crippen molar-refractivity contribution in [2.45, 2.75) is 37.5 Å². The van der Waals surface area contributed by atoms with Crippen molar-refractivity contribution in [1.29, 1.82) is 0 Å². The van der Waals surface area contributed by atoms with E-state index < -0.39 is 0 Å². The highest BCUT2D eigenvalue weighted by molar-refractivity contribution is 5.36. The summed E-state index contributed by atoms with van der Waals surface area (Å²) in [4.78, 5) is 0. The van der Waals surface area contributed by atoms with Crippen molar-refractivity contribution < 1.29 is 9.47 Å². The maximum Gasteiger partial charge on any atom is 0.0811 e. The van der Waals surface area contributed by atoms with Gasteiger partial charge in [-0.3, -0.25) is 0 Å². The average molecular weight is 247 g/mol. The van der Waals surface area contributed by atoms with Gasteiger partial charge in [-0.2, -0.15) is 0 Å². The number of hydrogen-bond acceptors (Lipinski definition) is 3. The largest absolute Gasteiger partial charge is 0.376 e. The molecule has 0 aromatic heterocycles. The molecular weight excluding hydrogens is 226 g/mol. The van der Waals surface area contributed by atoms with Gasteiger partial charge in [0, 0.05) is 13.0 Å². The Kier molecular flexibility index (Phi) is 3.64. The highest BCUT2D eigenvalue weighted by Gasteiger charge is 2.32. The lowest BCUT2D eigenvalue weighted by Crippen LogP contribution is -2.30. The molecular formula is C15H21NO2. The highest BCUT2D eigenvalue weighted by atomic mass is 16.5. The van der Waals surface area contributed by atoms with Crippen LogP contribution in [0.1, 0.15) is 30.0 Å². The van der Waals surface area contributed by atoms with Gasteiger partial charge in [-0.15, -0.1) is 0 Å². The number of nitrogens with one attached hydrogen (secondary N) is 1. The molecule has 0 saturated carbocycles. The minimum atomic E-state index is 0.247. The van der Waals surface area contributed by atoms with E-state index in [1.165, 1.54) is 17.5 Å². The maximum absolute atomic E-state index is 6.09. The van der Waals surface area contributed by atoms with Crippen LogP contribution >= 0.6 is 0 Å². The molecule has 98 valence electrons. The van der Waals surface area contributed by atoms with Crippen molar-refractivity contribution in [2.75, 3.05) is 20.3 Å². The average Bonchev–Trinajstić information content (AvgIpc) is 3.03. The molecule has 2 aliphatic rings. The molecule has 0 amide bonds. The van der Waals surface area contributed by atoms with E-state index in [0.717, 1.165) is 26.1 Å². The van der Waals surface area contributed by atoms with Crippen LogP contribution in [0.2, 0.25) is 0 Å². The normalized spacial score (nSPS) is 30.6. The Morgan fingerprint density at radius 3 is 3.06 bits per heavy atom. The molecule has 1 aromatic carbocycles. The van der Waals surface area contributed by atoms with Crippen LogP contribution < -0.4 is 5.32 Å². The van der Waals surface area contributed by atoms with E-state index in [-0.39, 0.29) is 6.10 Å². The number of rotatable bonds is 4. The van der Waals surface area contributed by atoms with Crippen molar-refractivity contribution in [3.63, 3.8) is 0 Å². The minimum Gasteiger partial charge on any atom is -0.376 e.